The number of carbonyl (C=O) groups is 1. The minimum Gasteiger partial charge on any atom is -0.384 e. The van der Waals surface area contributed by atoms with Crippen LogP contribution < -0.4 is 0 Å². The van der Waals surface area contributed by atoms with E-state index in [4.69, 9.17) is 4.74 Å². The molecule has 2 fully saturated rings. The predicted octanol–water partition coefficient (Wildman–Crippen LogP) is 0.933. The standard InChI is InChI=1S/C15H28N2O4S/c1-13-5-3-7-16(11-13)15(18)14-6-4-8-17(12-14)22(19,20)10-9-21-2/h13-14H,3-12H2,1-2H3. The molecule has 2 saturated heterocycles. The third-order valence-corrected chi connectivity index (χ3v) is 6.44. The second-order valence-corrected chi connectivity index (χ2v) is 8.63. The highest BCUT2D eigenvalue weighted by Gasteiger charge is 2.34. The minimum absolute atomic E-state index is 0.00877. The largest absolute Gasteiger partial charge is 0.384 e. The number of methoxy groups -OCH3 is 1. The van der Waals surface area contributed by atoms with Crippen LogP contribution in [0, 0.1) is 11.8 Å². The number of nitrogens with zero attached hydrogens (tertiary/aromatic N) is 2. The number of hydrogen-bond acceptors (Lipinski definition) is 4. The van der Waals surface area contributed by atoms with Crippen molar-refractivity contribution < 1.29 is 17.9 Å². The third-order valence-electron chi connectivity index (χ3n) is 4.64. The van der Waals surface area contributed by atoms with Crippen LogP contribution in [0.2, 0.25) is 0 Å². The number of ether oxygens (including phenoxy) is 1. The zero-order valence-electron chi connectivity index (χ0n) is 13.7. The van der Waals surface area contributed by atoms with Crippen molar-refractivity contribution >= 4 is 15.9 Å². The Morgan fingerprint density at radius 1 is 1.18 bits per heavy atom. The lowest BCUT2D eigenvalue weighted by Gasteiger charge is -2.37. The van der Waals surface area contributed by atoms with Crippen molar-refractivity contribution in [1.29, 1.82) is 0 Å². The van der Waals surface area contributed by atoms with Gasteiger partial charge in [0.2, 0.25) is 15.9 Å². The van der Waals surface area contributed by atoms with Gasteiger partial charge in [0.25, 0.3) is 0 Å². The molecule has 0 aromatic heterocycles. The molecule has 0 saturated carbocycles. The first-order valence-electron chi connectivity index (χ1n) is 8.19. The summed E-state index contributed by atoms with van der Waals surface area (Å²) in [6.07, 6.45) is 3.77. The molecule has 0 aliphatic carbocycles. The van der Waals surface area contributed by atoms with Crippen molar-refractivity contribution in [2.75, 3.05) is 45.6 Å². The van der Waals surface area contributed by atoms with Crippen LogP contribution in [0.4, 0.5) is 0 Å². The monoisotopic (exact) mass is 332 g/mol. The number of piperidine rings is 2. The Labute approximate surface area is 133 Å². The summed E-state index contributed by atoms with van der Waals surface area (Å²) in [7, 11) is -1.82. The van der Waals surface area contributed by atoms with E-state index in [-0.39, 0.29) is 24.2 Å². The Hall–Kier alpha value is -0.660. The van der Waals surface area contributed by atoms with Crippen LogP contribution in [0.1, 0.15) is 32.6 Å². The van der Waals surface area contributed by atoms with Crippen LogP contribution >= 0.6 is 0 Å². The molecule has 0 radical (unpaired) electrons. The SMILES string of the molecule is COCCS(=O)(=O)N1CCCC(C(=O)N2CCCC(C)C2)C1. The Morgan fingerprint density at radius 2 is 1.91 bits per heavy atom. The molecule has 2 heterocycles. The number of likely N-dealkylation sites (tertiary alicyclic amines) is 1. The highest BCUT2D eigenvalue weighted by molar-refractivity contribution is 7.89. The maximum Gasteiger partial charge on any atom is 0.227 e. The Balaban J connectivity index is 1.96. The fourth-order valence-corrected chi connectivity index (χ4v) is 4.81. The highest BCUT2D eigenvalue weighted by atomic mass is 32.2. The van der Waals surface area contributed by atoms with Gasteiger partial charge in [0.05, 0.1) is 18.3 Å². The molecular weight excluding hydrogens is 304 g/mol. The summed E-state index contributed by atoms with van der Waals surface area (Å²) in [4.78, 5) is 14.6. The molecular formula is C15H28N2O4S. The smallest absolute Gasteiger partial charge is 0.227 e. The van der Waals surface area contributed by atoms with E-state index in [1.807, 2.05) is 4.90 Å². The predicted molar refractivity (Wildman–Crippen MR) is 84.9 cm³/mol. The molecule has 6 nitrogen and oxygen atoms in total. The van der Waals surface area contributed by atoms with E-state index in [1.165, 1.54) is 17.8 Å². The van der Waals surface area contributed by atoms with Gasteiger partial charge >= 0.3 is 0 Å². The molecule has 2 unspecified atom stereocenters. The quantitative estimate of drug-likeness (QED) is 0.751. The lowest BCUT2D eigenvalue weighted by atomic mass is 9.94. The molecule has 2 aliphatic rings. The maximum absolute atomic E-state index is 12.7. The number of sulfonamides is 1. The van der Waals surface area contributed by atoms with E-state index in [0.29, 0.717) is 19.0 Å². The average Bonchev–Trinajstić information content (AvgIpc) is 2.52. The number of amides is 1. The summed E-state index contributed by atoms with van der Waals surface area (Å²) in [6.45, 7) is 4.84. The zero-order valence-corrected chi connectivity index (χ0v) is 14.5. The second-order valence-electron chi connectivity index (χ2n) is 6.54. The molecule has 0 aromatic carbocycles. The van der Waals surface area contributed by atoms with E-state index in [2.05, 4.69) is 6.92 Å². The Kier molecular flexibility index (Phi) is 6.23. The summed E-state index contributed by atoms with van der Waals surface area (Å²) in [5, 5.41) is 0. The first kappa shape index (κ1) is 17.7. The molecule has 2 rings (SSSR count). The molecule has 0 aromatic rings. The molecule has 0 bridgehead atoms. The molecule has 7 heteroatoms. The van der Waals surface area contributed by atoms with Crippen LogP contribution in [-0.4, -0.2) is 69.2 Å². The topological polar surface area (TPSA) is 66.9 Å². The van der Waals surface area contributed by atoms with Crippen molar-refractivity contribution in [3.05, 3.63) is 0 Å². The van der Waals surface area contributed by atoms with Gasteiger partial charge in [0.15, 0.2) is 0 Å². The van der Waals surface area contributed by atoms with Gasteiger partial charge in [-0.1, -0.05) is 6.92 Å². The molecule has 0 spiro atoms. The molecule has 2 aliphatic heterocycles. The Morgan fingerprint density at radius 3 is 2.59 bits per heavy atom. The van der Waals surface area contributed by atoms with E-state index in [0.717, 1.165) is 32.4 Å². The van der Waals surface area contributed by atoms with Gasteiger partial charge < -0.3 is 9.64 Å². The van der Waals surface area contributed by atoms with Gasteiger partial charge in [0, 0.05) is 33.3 Å². The first-order valence-corrected chi connectivity index (χ1v) is 9.80. The van der Waals surface area contributed by atoms with Crippen molar-refractivity contribution in [2.45, 2.75) is 32.6 Å². The summed E-state index contributed by atoms with van der Waals surface area (Å²) in [6, 6.07) is 0. The third kappa shape index (κ3) is 4.43. The van der Waals surface area contributed by atoms with E-state index in [1.54, 1.807) is 0 Å². The average molecular weight is 332 g/mol. The second kappa shape index (κ2) is 7.75. The van der Waals surface area contributed by atoms with Gasteiger partial charge in [-0.05, 0) is 31.6 Å². The molecule has 0 N–H and O–H groups in total. The Bertz CT molecular complexity index is 480. The van der Waals surface area contributed by atoms with Crippen LogP contribution in [0.3, 0.4) is 0 Å². The lowest BCUT2D eigenvalue weighted by Crippen LogP contribution is -2.49. The van der Waals surface area contributed by atoms with Gasteiger partial charge in [-0.15, -0.1) is 0 Å². The normalized spacial score (nSPS) is 27.8. The van der Waals surface area contributed by atoms with E-state index in [9.17, 15) is 13.2 Å². The summed E-state index contributed by atoms with van der Waals surface area (Å²) < 4.78 is 30.9. The molecule has 128 valence electrons. The van der Waals surface area contributed by atoms with Gasteiger partial charge in [-0.2, -0.15) is 0 Å². The molecule has 1 amide bonds. The van der Waals surface area contributed by atoms with Crippen molar-refractivity contribution in [3.8, 4) is 0 Å². The van der Waals surface area contributed by atoms with Gasteiger partial charge in [0.1, 0.15) is 0 Å². The van der Waals surface area contributed by atoms with Gasteiger partial charge in [-0.3, -0.25) is 4.79 Å². The summed E-state index contributed by atoms with van der Waals surface area (Å²) in [5.41, 5.74) is 0. The van der Waals surface area contributed by atoms with Crippen LogP contribution in [0.15, 0.2) is 0 Å². The molecule has 2 atom stereocenters. The highest BCUT2D eigenvalue weighted by Crippen LogP contribution is 2.24. The zero-order chi connectivity index (χ0) is 16.2. The fourth-order valence-electron chi connectivity index (χ4n) is 3.36. The minimum atomic E-state index is -3.32. The van der Waals surface area contributed by atoms with Crippen LogP contribution in [0.25, 0.3) is 0 Å². The number of rotatable bonds is 5. The lowest BCUT2D eigenvalue weighted by molar-refractivity contribution is -0.138. The summed E-state index contributed by atoms with van der Waals surface area (Å²) in [5.74, 6) is 0.489. The van der Waals surface area contributed by atoms with Crippen LogP contribution in [0.5, 0.6) is 0 Å². The van der Waals surface area contributed by atoms with Crippen LogP contribution in [-0.2, 0) is 19.6 Å². The maximum atomic E-state index is 12.7. The number of carbonyl (C=O) groups excluding carboxylic acids is 1. The number of hydrogen-bond donors (Lipinski definition) is 0. The van der Waals surface area contributed by atoms with Crippen molar-refractivity contribution in [2.24, 2.45) is 11.8 Å². The first-order chi connectivity index (χ1) is 10.4. The van der Waals surface area contributed by atoms with Gasteiger partial charge in [-0.25, -0.2) is 12.7 Å². The fraction of sp³-hybridized carbons (Fsp3) is 0.933. The van der Waals surface area contributed by atoms with Crippen molar-refractivity contribution in [3.63, 3.8) is 0 Å². The van der Waals surface area contributed by atoms with E-state index < -0.39 is 10.0 Å². The molecule has 22 heavy (non-hydrogen) atoms. The van der Waals surface area contributed by atoms with E-state index >= 15 is 0 Å². The van der Waals surface area contributed by atoms with Crippen molar-refractivity contribution in [1.82, 2.24) is 9.21 Å². The summed E-state index contributed by atoms with van der Waals surface area (Å²) >= 11 is 0.